The molecule has 0 fully saturated rings. The molecule has 0 radical (unpaired) electrons. The van der Waals surface area contributed by atoms with Crippen molar-refractivity contribution in [1.29, 1.82) is 0 Å². The Bertz CT molecular complexity index is 641. The van der Waals surface area contributed by atoms with Gasteiger partial charge in [-0.3, -0.25) is 0 Å². The number of benzene rings is 1. The highest BCUT2D eigenvalue weighted by molar-refractivity contribution is 6.40. The smallest absolute Gasteiger partial charge is 0.149 e. The van der Waals surface area contributed by atoms with Gasteiger partial charge in [0.15, 0.2) is 0 Å². The molecular weight excluding hydrogens is 317 g/mol. The molecule has 6 heteroatoms. The summed E-state index contributed by atoms with van der Waals surface area (Å²) in [6.07, 6.45) is 4.55. The van der Waals surface area contributed by atoms with Crippen molar-refractivity contribution in [2.45, 2.75) is 39.2 Å². The summed E-state index contributed by atoms with van der Waals surface area (Å²) < 4.78 is 4.20. The topological polar surface area (TPSA) is 21.7 Å². The van der Waals surface area contributed by atoms with Crippen molar-refractivity contribution in [2.75, 3.05) is 0 Å². The molecule has 0 saturated carbocycles. The Kier molecular flexibility index (Phi) is 3.93. The highest BCUT2D eigenvalue weighted by Crippen LogP contribution is 2.32. The van der Waals surface area contributed by atoms with Crippen LogP contribution in [0.5, 0.6) is 0 Å². The molecule has 1 aliphatic rings. The summed E-state index contributed by atoms with van der Waals surface area (Å²) >= 11 is 18.7. The van der Waals surface area contributed by atoms with Gasteiger partial charge in [-0.2, -0.15) is 0 Å². The van der Waals surface area contributed by atoms with Gasteiger partial charge in [-0.05, 0) is 36.4 Å². The first kappa shape index (κ1) is 14.2. The highest BCUT2D eigenvalue weighted by Gasteiger charge is 2.28. The van der Waals surface area contributed by atoms with Gasteiger partial charge in [0.25, 0.3) is 5.82 Å². The summed E-state index contributed by atoms with van der Waals surface area (Å²) in [5.41, 5.74) is 0.760. The van der Waals surface area contributed by atoms with Crippen LogP contribution in [0, 0.1) is 6.92 Å². The van der Waals surface area contributed by atoms with Crippen LogP contribution < -0.4 is 4.68 Å². The van der Waals surface area contributed by atoms with Gasteiger partial charge in [0.1, 0.15) is 12.2 Å². The van der Waals surface area contributed by atoms with E-state index in [9.17, 15) is 0 Å². The Balaban J connectivity index is 2.23. The summed E-state index contributed by atoms with van der Waals surface area (Å²) in [4.78, 5) is 4.67. The number of hydrogen-bond donors (Lipinski definition) is 0. The van der Waals surface area contributed by atoms with Crippen LogP contribution in [0.4, 0.5) is 0 Å². The van der Waals surface area contributed by atoms with Crippen LogP contribution in [-0.2, 0) is 13.0 Å². The lowest BCUT2D eigenvalue weighted by Crippen LogP contribution is -2.45. The van der Waals surface area contributed by atoms with Gasteiger partial charge in [0, 0.05) is 11.9 Å². The van der Waals surface area contributed by atoms with Crippen molar-refractivity contribution in [2.24, 2.45) is 0 Å². The predicted molar refractivity (Wildman–Crippen MR) is 81.1 cm³/mol. The molecule has 0 N–H and O–H groups in total. The number of rotatable bonds is 1. The molecule has 1 aromatic carbocycles. The molecule has 2 heterocycles. The molecule has 0 aliphatic carbocycles. The normalized spacial score (nSPS) is 15.0. The fraction of sp³-hybridized carbons (Fsp3) is 0.429. The Morgan fingerprint density at radius 1 is 1.10 bits per heavy atom. The summed E-state index contributed by atoms with van der Waals surface area (Å²) in [6.45, 7) is 2.91. The number of aromatic nitrogens is 3. The Morgan fingerprint density at radius 3 is 2.50 bits per heavy atom. The second kappa shape index (κ2) is 5.55. The van der Waals surface area contributed by atoms with Crippen LogP contribution in [0.25, 0.3) is 5.69 Å². The Morgan fingerprint density at radius 2 is 1.80 bits per heavy atom. The van der Waals surface area contributed by atoms with Crippen molar-refractivity contribution in [3.63, 3.8) is 0 Å². The standard InChI is InChI=1S/C14H15Cl3N3/c1-9-18-13-5-3-2-4-6-19(13)20(9)14-11(16)7-10(15)8-12(14)17/h7-8H,2-6H2,1H3/q+1. The van der Waals surface area contributed by atoms with Crippen molar-refractivity contribution in [3.05, 3.63) is 38.8 Å². The first-order valence-electron chi connectivity index (χ1n) is 6.71. The minimum absolute atomic E-state index is 0.539. The van der Waals surface area contributed by atoms with Gasteiger partial charge in [0.2, 0.25) is 0 Å². The highest BCUT2D eigenvalue weighted by atomic mass is 35.5. The van der Waals surface area contributed by atoms with E-state index in [0.717, 1.165) is 36.7 Å². The van der Waals surface area contributed by atoms with E-state index in [2.05, 4.69) is 9.67 Å². The molecule has 3 nitrogen and oxygen atoms in total. The number of hydrogen-bond acceptors (Lipinski definition) is 1. The van der Waals surface area contributed by atoms with E-state index in [1.54, 1.807) is 12.1 Å². The predicted octanol–water partition coefficient (Wildman–Crippen LogP) is 4.15. The largest absolute Gasteiger partial charge is 0.319 e. The number of nitrogens with zero attached hydrogens (tertiary/aromatic N) is 3. The van der Waals surface area contributed by atoms with E-state index >= 15 is 0 Å². The summed E-state index contributed by atoms with van der Waals surface area (Å²) in [7, 11) is 0. The average molecular weight is 332 g/mol. The van der Waals surface area contributed by atoms with Gasteiger partial charge in [0.05, 0.1) is 16.5 Å². The third-order valence-corrected chi connectivity index (χ3v) is 4.39. The van der Waals surface area contributed by atoms with Gasteiger partial charge < -0.3 is 0 Å². The van der Waals surface area contributed by atoms with Crippen molar-refractivity contribution < 1.29 is 4.68 Å². The van der Waals surface area contributed by atoms with Crippen LogP contribution in [0.1, 0.15) is 30.9 Å². The van der Waals surface area contributed by atoms with Crippen LogP contribution in [-0.4, -0.2) is 9.67 Å². The molecule has 1 aliphatic heterocycles. The number of fused-ring (bicyclic) bond motifs is 1. The van der Waals surface area contributed by atoms with E-state index in [1.807, 2.05) is 11.6 Å². The molecule has 0 atom stereocenters. The summed E-state index contributed by atoms with van der Waals surface area (Å²) in [5.74, 6) is 2.00. The third-order valence-electron chi connectivity index (χ3n) is 3.60. The Labute approximate surface area is 133 Å². The quantitative estimate of drug-likeness (QED) is 0.719. The first-order valence-corrected chi connectivity index (χ1v) is 7.84. The summed E-state index contributed by atoms with van der Waals surface area (Å²) in [6, 6.07) is 3.43. The van der Waals surface area contributed by atoms with E-state index in [0.29, 0.717) is 15.1 Å². The second-order valence-corrected chi connectivity index (χ2v) is 6.29. The maximum atomic E-state index is 6.35. The minimum Gasteiger partial charge on any atom is -0.149 e. The van der Waals surface area contributed by atoms with Crippen LogP contribution in [0.2, 0.25) is 15.1 Å². The monoisotopic (exact) mass is 330 g/mol. The molecule has 20 heavy (non-hydrogen) atoms. The molecule has 0 bridgehead atoms. The van der Waals surface area contributed by atoms with Crippen molar-refractivity contribution >= 4 is 34.8 Å². The fourth-order valence-electron chi connectivity index (χ4n) is 2.74. The number of aryl methyl sites for hydroxylation is 2. The van der Waals surface area contributed by atoms with Gasteiger partial charge in [-0.25, -0.2) is 0 Å². The van der Waals surface area contributed by atoms with Crippen molar-refractivity contribution in [3.8, 4) is 5.69 Å². The molecule has 0 unspecified atom stereocenters. The molecular formula is C14H15Cl3N3+. The zero-order chi connectivity index (χ0) is 14.3. The minimum atomic E-state index is 0.539. The zero-order valence-electron chi connectivity index (χ0n) is 11.2. The molecule has 0 amide bonds. The van der Waals surface area contributed by atoms with Crippen LogP contribution >= 0.6 is 34.8 Å². The number of halogens is 3. The fourth-order valence-corrected chi connectivity index (χ4v) is 3.71. The van der Waals surface area contributed by atoms with E-state index in [-0.39, 0.29) is 0 Å². The van der Waals surface area contributed by atoms with Crippen LogP contribution in [0.3, 0.4) is 0 Å². The van der Waals surface area contributed by atoms with Crippen molar-refractivity contribution in [1.82, 2.24) is 9.67 Å². The third kappa shape index (κ3) is 2.43. The maximum absolute atomic E-state index is 6.35. The molecule has 0 saturated heterocycles. The summed E-state index contributed by atoms with van der Waals surface area (Å²) in [5, 5.41) is 1.63. The first-order chi connectivity index (χ1) is 9.58. The van der Waals surface area contributed by atoms with E-state index in [1.165, 1.54) is 12.8 Å². The van der Waals surface area contributed by atoms with Crippen LogP contribution in [0.15, 0.2) is 12.1 Å². The lowest BCUT2D eigenvalue weighted by Gasteiger charge is -2.10. The second-order valence-electron chi connectivity index (χ2n) is 5.04. The average Bonchev–Trinajstić information content (AvgIpc) is 2.55. The zero-order valence-corrected chi connectivity index (χ0v) is 13.4. The van der Waals surface area contributed by atoms with Gasteiger partial charge >= 0.3 is 5.82 Å². The molecule has 1 aromatic heterocycles. The molecule has 0 spiro atoms. The molecule has 3 rings (SSSR count). The van der Waals surface area contributed by atoms with Gasteiger partial charge in [-0.1, -0.05) is 34.8 Å². The molecule has 2 aromatic rings. The van der Waals surface area contributed by atoms with E-state index in [4.69, 9.17) is 34.8 Å². The lowest BCUT2D eigenvalue weighted by molar-refractivity contribution is -0.773. The van der Waals surface area contributed by atoms with E-state index < -0.39 is 0 Å². The van der Waals surface area contributed by atoms with Gasteiger partial charge in [-0.15, -0.1) is 9.36 Å². The lowest BCUT2D eigenvalue weighted by atomic mass is 10.2. The SMILES string of the molecule is Cc1nc2[n+](n1-c1c(Cl)cc(Cl)cc1Cl)CCCCC2. The maximum Gasteiger partial charge on any atom is 0.319 e. The Hall–Kier alpha value is -0.770. The molecule has 106 valence electrons.